The second kappa shape index (κ2) is 4.60. The Balaban J connectivity index is 0.000001000. The number of tetrazole rings is 1. The zero-order valence-corrected chi connectivity index (χ0v) is 8.88. The van der Waals surface area contributed by atoms with Gasteiger partial charge < -0.3 is 4.84 Å². The van der Waals surface area contributed by atoms with Crippen LogP contribution in [0.15, 0.2) is 0 Å². The van der Waals surface area contributed by atoms with E-state index in [9.17, 15) is 4.79 Å². The molecule has 0 saturated carbocycles. The summed E-state index contributed by atoms with van der Waals surface area (Å²) in [6, 6.07) is 0. The van der Waals surface area contributed by atoms with Crippen LogP contribution in [-0.4, -0.2) is 55.9 Å². The topological polar surface area (TPSA) is 72.8 Å². The normalized spacial score (nSPS) is 8.45. The molecule has 1 rings (SSSR count). The van der Waals surface area contributed by atoms with Crippen molar-refractivity contribution in [2.75, 3.05) is 0 Å². The molecule has 0 atom stereocenters. The van der Waals surface area contributed by atoms with E-state index in [2.05, 4.69) is 32.6 Å². The quantitative estimate of drug-likeness (QED) is 0.341. The number of nitrogens with zero attached hydrogens (tertiary/aromatic N) is 3. The van der Waals surface area contributed by atoms with Crippen LogP contribution < -0.4 is 4.84 Å². The Morgan fingerprint density at radius 2 is 2.45 bits per heavy atom. The molecule has 1 aromatic heterocycles. The molecule has 0 aliphatic heterocycles. The van der Waals surface area contributed by atoms with E-state index in [1.807, 2.05) is 0 Å². The fraction of sp³-hybridized carbons (Fsp3) is 0.333. The van der Waals surface area contributed by atoms with E-state index in [4.69, 9.17) is 0 Å². The molecule has 0 saturated heterocycles. The van der Waals surface area contributed by atoms with Crippen LogP contribution in [0.3, 0.4) is 0 Å². The summed E-state index contributed by atoms with van der Waals surface area (Å²) < 4.78 is 0.0789. The maximum Gasteiger partial charge on any atom is 0.332 e. The van der Waals surface area contributed by atoms with Crippen molar-refractivity contribution in [3.8, 4) is 0 Å². The monoisotopic (exact) mass is 183 g/mol. The maximum absolute atomic E-state index is 10.3. The summed E-state index contributed by atoms with van der Waals surface area (Å²) in [4.78, 5) is 15.7. The van der Waals surface area contributed by atoms with Crippen molar-refractivity contribution < 1.29 is 9.63 Å². The molecule has 1 aromatic rings. The molecule has 1 heterocycles. The number of hydrogen-bond acceptors (Lipinski definition) is 5. The summed E-state index contributed by atoms with van der Waals surface area (Å²) in [5.41, 5.74) is 0. The minimum atomic E-state index is -0.484. The van der Waals surface area contributed by atoms with Gasteiger partial charge in [0.1, 0.15) is 0 Å². The van der Waals surface area contributed by atoms with Crippen LogP contribution in [0.4, 0.5) is 0 Å². The molecule has 0 spiro atoms. The van der Waals surface area contributed by atoms with Gasteiger partial charge >= 0.3 is 5.97 Å². The summed E-state index contributed by atoms with van der Waals surface area (Å²) in [5.74, 6) is -0.484. The first-order chi connectivity index (χ1) is 4.70. The van der Waals surface area contributed by atoms with Gasteiger partial charge in [0.25, 0.3) is 4.77 Å². The molecule has 0 aliphatic carbocycles. The Bertz CT molecular complexity index is 294. The van der Waals surface area contributed by atoms with Crippen molar-refractivity contribution in [2.24, 2.45) is 0 Å². The summed E-state index contributed by atoms with van der Waals surface area (Å²) in [5, 5.41) is 8.89. The maximum atomic E-state index is 10.3. The van der Waals surface area contributed by atoms with Crippen molar-refractivity contribution in [3.05, 3.63) is 4.77 Å². The minimum absolute atomic E-state index is 0. The largest absolute Gasteiger partial charge is 0.332 e. The molecule has 1 radical (unpaired) electrons. The summed E-state index contributed by atoms with van der Waals surface area (Å²) in [7, 11) is 0. The number of H-pyrrole nitrogens is 1. The zero-order chi connectivity index (χ0) is 7.56. The SMILES string of the molecule is CC(=O)On1[nH]nnc1=S.[Na]. The van der Waals surface area contributed by atoms with Gasteiger partial charge in [0.15, 0.2) is 0 Å². The average molecular weight is 183 g/mol. The van der Waals surface area contributed by atoms with E-state index in [-0.39, 0.29) is 34.3 Å². The van der Waals surface area contributed by atoms with Crippen molar-refractivity contribution in [1.82, 2.24) is 20.4 Å². The molecule has 0 amide bonds. The number of aromatic amines is 1. The van der Waals surface area contributed by atoms with Crippen molar-refractivity contribution in [3.63, 3.8) is 0 Å². The third-order valence-electron chi connectivity index (χ3n) is 0.665. The fourth-order valence-electron chi connectivity index (χ4n) is 0.377. The second-order valence-corrected chi connectivity index (χ2v) is 1.82. The van der Waals surface area contributed by atoms with Crippen LogP contribution in [0.2, 0.25) is 0 Å². The van der Waals surface area contributed by atoms with Gasteiger partial charge in [-0.1, -0.05) is 9.94 Å². The standard InChI is InChI=1S/C3H4N4O2S.Na/c1-2(8)9-7-3(10)4-5-6-7;/h1H3,(H,4,6,10);. The first kappa shape index (κ1) is 10.8. The third-order valence-corrected chi connectivity index (χ3v) is 0.912. The Kier molecular flexibility index (Phi) is 4.50. The number of rotatable bonds is 1. The summed E-state index contributed by atoms with van der Waals surface area (Å²) >= 11 is 4.58. The number of carbonyl (C=O) groups excluding carboxylic acids is 1. The molecule has 0 aliphatic rings. The van der Waals surface area contributed by atoms with E-state index >= 15 is 0 Å². The average Bonchev–Trinajstić information content (AvgIpc) is 2.15. The Labute approximate surface area is 89.1 Å². The Morgan fingerprint density at radius 1 is 1.82 bits per heavy atom. The minimum Gasteiger partial charge on any atom is -0.317 e. The predicted octanol–water partition coefficient (Wildman–Crippen LogP) is -1.07. The first-order valence-electron chi connectivity index (χ1n) is 2.39. The van der Waals surface area contributed by atoms with Crippen molar-refractivity contribution in [1.29, 1.82) is 0 Å². The molecule has 6 nitrogen and oxygen atoms in total. The van der Waals surface area contributed by atoms with E-state index in [1.54, 1.807) is 0 Å². The number of nitrogens with one attached hydrogen (secondary N) is 1. The molecule has 0 bridgehead atoms. The smallest absolute Gasteiger partial charge is 0.317 e. The van der Waals surface area contributed by atoms with Crippen molar-refractivity contribution in [2.45, 2.75) is 6.92 Å². The van der Waals surface area contributed by atoms with Crippen LogP contribution in [0.25, 0.3) is 0 Å². The summed E-state index contributed by atoms with van der Waals surface area (Å²) in [6.07, 6.45) is 0. The van der Waals surface area contributed by atoms with Crippen LogP contribution in [0.5, 0.6) is 0 Å². The molecule has 55 valence electrons. The van der Waals surface area contributed by atoms with E-state index in [1.165, 1.54) is 6.92 Å². The Hall–Kier alpha value is -0.240. The molecule has 8 heteroatoms. The fourth-order valence-corrected chi connectivity index (χ4v) is 0.496. The number of aromatic nitrogens is 4. The van der Waals surface area contributed by atoms with Crippen molar-refractivity contribution >= 4 is 47.7 Å². The van der Waals surface area contributed by atoms with Crippen LogP contribution >= 0.6 is 12.2 Å². The van der Waals surface area contributed by atoms with Gasteiger partial charge in [-0.3, -0.25) is 0 Å². The Morgan fingerprint density at radius 3 is 2.82 bits per heavy atom. The van der Waals surface area contributed by atoms with Gasteiger partial charge in [-0.2, -0.15) is 5.21 Å². The first-order valence-corrected chi connectivity index (χ1v) is 2.80. The van der Waals surface area contributed by atoms with E-state index in [0.717, 1.165) is 4.85 Å². The van der Waals surface area contributed by atoms with E-state index < -0.39 is 5.97 Å². The van der Waals surface area contributed by atoms with Gasteiger partial charge in [-0.05, 0) is 17.4 Å². The van der Waals surface area contributed by atoms with Gasteiger partial charge in [0.2, 0.25) is 0 Å². The number of hydrogen-bond donors (Lipinski definition) is 1. The molecule has 0 fully saturated rings. The third kappa shape index (κ3) is 3.10. The van der Waals surface area contributed by atoms with Crippen LogP contribution in [-0.2, 0) is 4.79 Å². The summed E-state index contributed by atoms with van der Waals surface area (Å²) in [6.45, 7) is 1.25. The van der Waals surface area contributed by atoms with E-state index in [0.29, 0.717) is 0 Å². The van der Waals surface area contributed by atoms with Crippen LogP contribution in [0.1, 0.15) is 6.92 Å². The second-order valence-electron chi connectivity index (χ2n) is 1.46. The van der Waals surface area contributed by atoms with Gasteiger partial charge in [0, 0.05) is 36.5 Å². The molecule has 1 N–H and O–H groups in total. The van der Waals surface area contributed by atoms with Gasteiger partial charge in [-0.15, -0.1) is 0 Å². The molecular weight excluding hydrogens is 179 g/mol. The molecule has 11 heavy (non-hydrogen) atoms. The van der Waals surface area contributed by atoms with Gasteiger partial charge in [-0.25, -0.2) is 4.79 Å². The zero-order valence-electron chi connectivity index (χ0n) is 6.07. The number of carbonyl (C=O) groups is 1. The molecule has 0 unspecified atom stereocenters. The van der Waals surface area contributed by atoms with Gasteiger partial charge in [0.05, 0.1) is 0 Å². The molecular formula is C3H4N4NaO2S. The molecule has 0 aromatic carbocycles. The van der Waals surface area contributed by atoms with Crippen LogP contribution in [0, 0.1) is 4.77 Å². The predicted molar refractivity (Wildman–Crippen MR) is 38.2 cm³/mol.